The number of Topliss-reactive ketones (excluding diaryl/α,β-unsaturated/α-hetero) is 1. The maximum atomic E-state index is 12.7. The Morgan fingerprint density at radius 2 is 1.75 bits per heavy atom. The Balaban J connectivity index is 1.99. The number of rotatable bonds is 2. The molecule has 0 saturated carbocycles. The molecule has 0 N–H and O–H groups in total. The van der Waals surface area contributed by atoms with Crippen LogP contribution in [0.2, 0.25) is 10.0 Å². The van der Waals surface area contributed by atoms with Crippen molar-refractivity contribution in [2.75, 3.05) is 0 Å². The van der Waals surface area contributed by atoms with Crippen molar-refractivity contribution in [2.45, 2.75) is 25.2 Å². The van der Waals surface area contributed by atoms with E-state index in [-0.39, 0.29) is 11.7 Å². The van der Waals surface area contributed by atoms with E-state index in [4.69, 9.17) is 23.2 Å². The van der Waals surface area contributed by atoms with Gasteiger partial charge >= 0.3 is 0 Å². The van der Waals surface area contributed by atoms with Crippen molar-refractivity contribution >= 4 is 29.0 Å². The summed E-state index contributed by atoms with van der Waals surface area (Å²) in [7, 11) is 0. The molecule has 0 aromatic heterocycles. The number of carbonyl (C=O) groups is 1. The Kier molecular flexibility index (Phi) is 3.82. The second kappa shape index (κ2) is 5.59. The number of ketones is 1. The van der Waals surface area contributed by atoms with Gasteiger partial charge in [-0.1, -0.05) is 47.5 Å². The Bertz CT molecular complexity index is 644. The maximum absolute atomic E-state index is 12.7. The Hall–Kier alpha value is -1.31. The molecule has 1 unspecified atom stereocenters. The van der Waals surface area contributed by atoms with Crippen molar-refractivity contribution < 1.29 is 4.79 Å². The van der Waals surface area contributed by atoms with Gasteiger partial charge in [0.25, 0.3) is 0 Å². The van der Waals surface area contributed by atoms with Gasteiger partial charge < -0.3 is 0 Å². The van der Waals surface area contributed by atoms with Gasteiger partial charge in [-0.15, -0.1) is 0 Å². The normalized spacial score (nSPS) is 17.6. The molecule has 2 aromatic rings. The zero-order valence-electron chi connectivity index (χ0n) is 10.9. The first kappa shape index (κ1) is 13.7. The minimum Gasteiger partial charge on any atom is -0.293 e. The molecule has 102 valence electrons. The summed E-state index contributed by atoms with van der Waals surface area (Å²) in [6, 6.07) is 13.2. The van der Waals surface area contributed by atoms with Crippen LogP contribution in [0.3, 0.4) is 0 Å². The number of hydrogen-bond donors (Lipinski definition) is 0. The van der Waals surface area contributed by atoms with E-state index in [9.17, 15) is 4.79 Å². The third-order valence-electron chi connectivity index (χ3n) is 3.83. The van der Waals surface area contributed by atoms with Crippen LogP contribution in [0, 0.1) is 0 Å². The quantitative estimate of drug-likeness (QED) is 0.688. The highest BCUT2D eigenvalue weighted by Crippen LogP contribution is 2.34. The van der Waals surface area contributed by atoms with E-state index >= 15 is 0 Å². The van der Waals surface area contributed by atoms with Crippen molar-refractivity contribution in [3.8, 4) is 0 Å². The zero-order chi connectivity index (χ0) is 14.1. The molecule has 0 aliphatic heterocycles. The van der Waals surface area contributed by atoms with E-state index in [1.807, 2.05) is 12.1 Å². The summed E-state index contributed by atoms with van der Waals surface area (Å²) >= 11 is 12.0. The number of carbonyl (C=O) groups excluding carboxylic acids is 1. The molecule has 1 aliphatic carbocycles. The molecule has 3 rings (SSSR count). The molecule has 1 nitrogen and oxygen atoms in total. The third kappa shape index (κ3) is 2.61. The van der Waals surface area contributed by atoms with E-state index in [1.54, 1.807) is 18.2 Å². The van der Waals surface area contributed by atoms with Crippen molar-refractivity contribution in [2.24, 2.45) is 0 Å². The molecular formula is C17H14Cl2O. The van der Waals surface area contributed by atoms with Crippen LogP contribution < -0.4 is 0 Å². The standard InChI is InChI=1S/C17H14Cl2O/c18-13-8-12(9-14(19)10-13)17(20)16-7-3-5-11-4-1-2-6-15(11)16/h1-2,4,6,8-10,16H,3,5,7H2. The summed E-state index contributed by atoms with van der Waals surface area (Å²) in [5.74, 6) is 0.0380. The number of fused-ring (bicyclic) bond motifs is 1. The van der Waals surface area contributed by atoms with Gasteiger partial charge in [-0.05, 0) is 48.6 Å². The summed E-state index contributed by atoms with van der Waals surface area (Å²) in [5, 5.41) is 1.01. The molecule has 3 heteroatoms. The van der Waals surface area contributed by atoms with Gasteiger partial charge in [0.05, 0.1) is 0 Å². The highest BCUT2D eigenvalue weighted by molar-refractivity contribution is 6.35. The molecule has 1 atom stereocenters. The van der Waals surface area contributed by atoms with E-state index in [2.05, 4.69) is 12.1 Å². The summed E-state index contributed by atoms with van der Waals surface area (Å²) < 4.78 is 0. The van der Waals surface area contributed by atoms with Crippen LogP contribution in [-0.4, -0.2) is 5.78 Å². The largest absolute Gasteiger partial charge is 0.293 e. The highest BCUT2D eigenvalue weighted by atomic mass is 35.5. The second-order valence-corrected chi connectivity index (χ2v) is 6.04. The average molecular weight is 305 g/mol. The summed E-state index contributed by atoms with van der Waals surface area (Å²) in [5.41, 5.74) is 3.04. The topological polar surface area (TPSA) is 17.1 Å². The van der Waals surface area contributed by atoms with Crippen molar-refractivity contribution in [3.63, 3.8) is 0 Å². The lowest BCUT2D eigenvalue weighted by Gasteiger charge is -2.24. The van der Waals surface area contributed by atoms with Crippen molar-refractivity contribution in [1.29, 1.82) is 0 Å². The molecule has 0 bridgehead atoms. The lowest BCUT2D eigenvalue weighted by Crippen LogP contribution is -2.18. The zero-order valence-corrected chi connectivity index (χ0v) is 12.4. The highest BCUT2D eigenvalue weighted by Gasteiger charge is 2.27. The number of hydrogen-bond acceptors (Lipinski definition) is 1. The summed E-state index contributed by atoms with van der Waals surface area (Å²) in [4.78, 5) is 12.7. The molecule has 0 fully saturated rings. The SMILES string of the molecule is O=C(c1cc(Cl)cc(Cl)c1)C1CCCc2ccccc21. The molecule has 0 amide bonds. The second-order valence-electron chi connectivity index (χ2n) is 5.17. The summed E-state index contributed by atoms with van der Waals surface area (Å²) in [6.07, 6.45) is 2.98. The van der Waals surface area contributed by atoms with Gasteiger partial charge in [0.1, 0.15) is 0 Å². The predicted molar refractivity (Wildman–Crippen MR) is 82.9 cm³/mol. The maximum Gasteiger partial charge on any atom is 0.170 e. The number of halogens is 2. The smallest absolute Gasteiger partial charge is 0.170 e. The summed E-state index contributed by atoms with van der Waals surface area (Å²) in [6.45, 7) is 0. The van der Waals surface area contributed by atoms with E-state index in [0.717, 1.165) is 24.8 Å². The monoisotopic (exact) mass is 304 g/mol. The molecule has 0 radical (unpaired) electrons. The van der Waals surface area contributed by atoms with E-state index in [1.165, 1.54) is 5.56 Å². The molecular weight excluding hydrogens is 291 g/mol. The number of aryl methyl sites for hydroxylation is 1. The van der Waals surface area contributed by atoms with Gasteiger partial charge in [-0.25, -0.2) is 0 Å². The minimum absolute atomic E-state index is 0.0746. The van der Waals surface area contributed by atoms with Gasteiger partial charge in [0.15, 0.2) is 5.78 Å². The molecule has 1 aliphatic rings. The van der Waals surface area contributed by atoms with E-state index < -0.39 is 0 Å². The van der Waals surface area contributed by atoms with Gasteiger partial charge in [-0.3, -0.25) is 4.79 Å². The number of benzene rings is 2. The van der Waals surface area contributed by atoms with Crippen LogP contribution in [0.25, 0.3) is 0 Å². The Morgan fingerprint density at radius 3 is 2.50 bits per heavy atom. The van der Waals surface area contributed by atoms with Gasteiger partial charge in [-0.2, -0.15) is 0 Å². The van der Waals surface area contributed by atoms with Crippen LogP contribution in [0.5, 0.6) is 0 Å². The Labute approximate surface area is 128 Å². The van der Waals surface area contributed by atoms with Crippen LogP contribution in [0.1, 0.15) is 40.2 Å². The van der Waals surface area contributed by atoms with Crippen molar-refractivity contribution in [1.82, 2.24) is 0 Å². The average Bonchev–Trinajstić information content (AvgIpc) is 2.45. The molecule has 0 heterocycles. The fourth-order valence-electron chi connectivity index (χ4n) is 2.92. The fourth-order valence-corrected chi connectivity index (χ4v) is 3.45. The lowest BCUT2D eigenvalue weighted by atomic mass is 9.79. The first-order valence-electron chi connectivity index (χ1n) is 6.73. The van der Waals surface area contributed by atoms with Crippen molar-refractivity contribution in [3.05, 3.63) is 69.2 Å². The lowest BCUT2D eigenvalue weighted by molar-refractivity contribution is 0.0951. The van der Waals surface area contributed by atoms with Crippen LogP contribution >= 0.6 is 23.2 Å². The van der Waals surface area contributed by atoms with Gasteiger partial charge in [0, 0.05) is 21.5 Å². The first-order chi connectivity index (χ1) is 9.65. The van der Waals surface area contributed by atoms with E-state index in [0.29, 0.717) is 15.6 Å². The van der Waals surface area contributed by atoms with Crippen LogP contribution in [0.15, 0.2) is 42.5 Å². The third-order valence-corrected chi connectivity index (χ3v) is 4.27. The Morgan fingerprint density at radius 1 is 1.05 bits per heavy atom. The molecule has 20 heavy (non-hydrogen) atoms. The van der Waals surface area contributed by atoms with Gasteiger partial charge in [0.2, 0.25) is 0 Å². The first-order valence-corrected chi connectivity index (χ1v) is 7.49. The molecule has 2 aromatic carbocycles. The predicted octanol–water partition coefficient (Wildman–Crippen LogP) is 5.30. The molecule has 0 spiro atoms. The minimum atomic E-state index is -0.0746. The fraction of sp³-hybridized carbons (Fsp3) is 0.235. The molecule has 0 saturated heterocycles. The van der Waals surface area contributed by atoms with Crippen LogP contribution in [-0.2, 0) is 6.42 Å². The van der Waals surface area contributed by atoms with Crippen LogP contribution in [0.4, 0.5) is 0 Å².